The molecule has 2 fully saturated rings. The van der Waals surface area contributed by atoms with Gasteiger partial charge in [0.05, 0.1) is 9.77 Å². The van der Waals surface area contributed by atoms with Crippen molar-refractivity contribution in [3.05, 3.63) is 16.0 Å². The highest BCUT2D eigenvalue weighted by Crippen LogP contribution is 2.39. The average molecular weight is 600 g/mol. The third-order valence-corrected chi connectivity index (χ3v) is 8.95. The molecule has 0 saturated carbocycles. The normalized spacial score (nSPS) is 22.9. The third kappa shape index (κ3) is 6.23. The molecule has 0 aliphatic carbocycles. The smallest absolute Gasteiger partial charge is 0.407 e. The molecule has 8 nitrogen and oxygen atoms in total. The summed E-state index contributed by atoms with van der Waals surface area (Å²) in [5.41, 5.74) is 1.31. The van der Waals surface area contributed by atoms with Crippen LogP contribution in [-0.4, -0.2) is 59.0 Å². The van der Waals surface area contributed by atoms with E-state index in [9.17, 15) is 4.79 Å². The van der Waals surface area contributed by atoms with Crippen molar-refractivity contribution >= 4 is 53.7 Å². The summed E-state index contributed by atoms with van der Waals surface area (Å²) in [4.78, 5) is 24.5. The maximum Gasteiger partial charge on any atom is 0.407 e. The zero-order chi connectivity index (χ0) is 24.7. The van der Waals surface area contributed by atoms with Crippen LogP contribution < -0.4 is 10.2 Å². The van der Waals surface area contributed by atoms with Crippen molar-refractivity contribution in [3.63, 3.8) is 0 Å². The molecule has 188 valence electrons. The largest absolute Gasteiger partial charge is 0.444 e. The van der Waals surface area contributed by atoms with E-state index in [2.05, 4.69) is 63.2 Å². The first kappa shape index (κ1) is 25.7. The number of rotatable bonds is 7. The van der Waals surface area contributed by atoms with Crippen LogP contribution >= 0.6 is 22.6 Å². The van der Waals surface area contributed by atoms with Crippen LogP contribution in [0.3, 0.4) is 0 Å². The van der Waals surface area contributed by atoms with Crippen LogP contribution in [-0.2, 0) is 16.2 Å². The Morgan fingerprint density at radius 3 is 2.53 bits per heavy atom. The van der Waals surface area contributed by atoms with Crippen molar-refractivity contribution in [1.82, 2.24) is 19.9 Å². The molecule has 2 aromatic heterocycles. The first-order valence-corrected chi connectivity index (χ1v) is 17.1. The summed E-state index contributed by atoms with van der Waals surface area (Å²) in [7, 11) is -1.12. The second-order valence-corrected chi connectivity index (χ2v) is 18.6. The number of carbonyl (C=O) groups excluding carboxylic acids is 1. The lowest BCUT2D eigenvalue weighted by Crippen LogP contribution is -2.51. The van der Waals surface area contributed by atoms with Gasteiger partial charge in [-0.2, -0.15) is 0 Å². The minimum absolute atomic E-state index is 0.130. The van der Waals surface area contributed by atoms with E-state index in [0.717, 1.165) is 58.9 Å². The number of hydrogen-bond donors (Lipinski definition) is 1. The standard InChI is InChI=1S/C24H38IN5O3Si/c1-24(2,3)33-23(31)27-16-11-17-7-8-18(12-16)30(17)20-13-26-21-19(25)14-29(22(21)28-20)15-32-9-10-34(4,5)6/h13-14,16-18H,7-12,15H2,1-6H3,(H,27,31)/t16?,17-,18+. The molecular weight excluding hydrogens is 561 g/mol. The molecule has 3 atom stereocenters. The molecule has 0 spiro atoms. The summed E-state index contributed by atoms with van der Waals surface area (Å²) in [6, 6.07) is 1.97. The highest BCUT2D eigenvalue weighted by Gasteiger charge is 2.42. The third-order valence-electron chi connectivity index (χ3n) is 6.45. The summed E-state index contributed by atoms with van der Waals surface area (Å²) in [5.74, 6) is 0.925. The zero-order valence-electron chi connectivity index (χ0n) is 21.2. The molecule has 10 heteroatoms. The molecule has 0 radical (unpaired) electrons. The van der Waals surface area contributed by atoms with Crippen molar-refractivity contribution in [2.75, 3.05) is 11.5 Å². The Labute approximate surface area is 217 Å². The number of piperidine rings is 1. The minimum atomic E-state index is -1.12. The number of alkyl carbamates (subject to hydrolysis) is 1. The van der Waals surface area contributed by atoms with Crippen LogP contribution in [0.15, 0.2) is 12.4 Å². The van der Waals surface area contributed by atoms with Crippen molar-refractivity contribution in [2.24, 2.45) is 0 Å². The maximum absolute atomic E-state index is 12.3. The molecule has 2 saturated heterocycles. The van der Waals surface area contributed by atoms with Crippen LogP contribution in [0.2, 0.25) is 25.7 Å². The highest BCUT2D eigenvalue weighted by molar-refractivity contribution is 14.1. The Kier molecular flexibility index (Phi) is 7.50. The van der Waals surface area contributed by atoms with E-state index in [1.54, 1.807) is 0 Å². The number of nitrogens with zero attached hydrogens (tertiary/aromatic N) is 4. The van der Waals surface area contributed by atoms with Gasteiger partial charge < -0.3 is 24.3 Å². The molecule has 0 aromatic carbocycles. The van der Waals surface area contributed by atoms with Gasteiger partial charge in [-0.3, -0.25) is 0 Å². The number of ether oxygens (including phenoxy) is 2. The van der Waals surface area contributed by atoms with Crippen molar-refractivity contribution in [2.45, 2.75) is 103 Å². The number of nitrogens with one attached hydrogen (secondary N) is 1. The average Bonchev–Trinajstić information content (AvgIpc) is 3.16. The topological polar surface area (TPSA) is 81.5 Å². The number of amides is 1. The number of aromatic nitrogens is 3. The van der Waals surface area contributed by atoms with Gasteiger partial charge in [0.25, 0.3) is 0 Å². The van der Waals surface area contributed by atoms with E-state index in [1.165, 1.54) is 0 Å². The molecule has 4 heterocycles. The van der Waals surface area contributed by atoms with E-state index in [-0.39, 0.29) is 12.1 Å². The lowest BCUT2D eigenvalue weighted by Gasteiger charge is -2.39. The summed E-state index contributed by atoms with van der Waals surface area (Å²) in [6.07, 6.45) is 7.67. The Hall–Kier alpha value is -1.40. The first-order chi connectivity index (χ1) is 15.9. The molecular formula is C24H38IN5O3Si. The number of anilines is 1. The first-order valence-electron chi connectivity index (χ1n) is 12.3. The van der Waals surface area contributed by atoms with Crippen LogP contribution in [0.1, 0.15) is 46.5 Å². The van der Waals surface area contributed by atoms with E-state index in [4.69, 9.17) is 19.4 Å². The molecule has 2 aliphatic heterocycles. The van der Waals surface area contributed by atoms with Gasteiger partial charge in [-0.05, 0) is 75.1 Å². The Morgan fingerprint density at radius 2 is 1.91 bits per heavy atom. The Balaban J connectivity index is 1.45. The molecule has 34 heavy (non-hydrogen) atoms. The number of halogens is 1. The second-order valence-electron chi connectivity index (χ2n) is 11.8. The number of carbonyl (C=O) groups is 1. The van der Waals surface area contributed by atoms with Crippen molar-refractivity contribution < 1.29 is 14.3 Å². The van der Waals surface area contributed by atoms with Crippen LogP contribution in [0.5, 0.6) is 0 Å². The van der Waals surface area contributed by atoms with Gasteiger partial charge in [0.15, 0.2) is 5.65 Å². The van der Waals surface area contributed by atoms with Gasteiger partial charge in [-0.15, -0.1) is 0 Å². The predicted molar refractivity (Wildman–Crippen MR) is 146 cm³/mol. The molecule has 4 rings (SSSR count). The number of fused-ring (bicyclic) bond motifs is 3. The van der Waals surface area contributed by atoms with Gasteiger partial charge in [0.2, 0.25) is 0 Å². The van der Waals surface area contributed by atoms with E-state index >= 15 is 0 Å². The summed E-state index contributed by atoms with van der Waals surface area (Å²) < 4.78 is 14.6. The molecule has 2 aromatic rings. The monoisotopic (exact) mass is 599 g/mol. The SMILES string of the molecule is CC(C)(C)OC(=O)NC1C[C@H]2CC[C@@H](C1)N2c1cnc2c(I)cn(COCC[Si](C)(C)C)c2n1. The van der Waals surface area contributed by atoms with Crippen LogP contribution in [0, 0.1) is 3.57 Å². The Morgan fingerprint density at radius 1 is 1.24 bits per heavy atom. The van der Waals surface area contributed by atoms with Crippen molar-refractivity contribution in [3.8, 4) is 0 Å². The van der Waals surface area contributed by atoms with E-state index in [0.29, 0.717) is 18.8 Å². The predicted octanol–water partition coefficient (Wildman–Crippen LogP) is 5.37. The summed E-state index contributed by atoms with van der Waals surface area (Å²) >= 11 is 2.32. The maximum atomic E-state index is 12.3. The van der Waals surface area contributed by atoms with E-state index < -0.39 is 13.7 Å². The minimum Gasteiger partial charge on any atom is -0.444 e. The number of hydrogen-bond acceptors (Lipinski definition) is 6. The van der Waals surface area contributed by atoms with Gasteiger partial charge in [-0.25, -0.2) is 14.8 Å². The fraction of sp³-hybridized carbons (Fsp3) is 0.708. The Bertz CT molecular complexity index is 1020. The van der Waals surface area contributed by atoms with Gasteiger partial charge >= 0.3 is 6.09 Å². The quantitative estimate of drug-likeness (QED) is 0.262. The second kappa shape index (κ2) is 9.92. The molecule has 2 aliphatic rings. The van der Waals surface area contributed by atoms with Gasteiger partial charge in [0, 0.05) is 39.0 Å². The fourth-order valence-corrected chi connectivity index (χ4v) is 6.38. The summed E-state index contributed by atoms with van der Waals surface area (Å²) in [6.45, 7) is 14.0. The molecule has 1 unspecified atom stereocenters. The van der Waals surface area contributed by atoms with E-state index in [1.807, 2.05) is 27.0 Å². The van der Waals surface area contributed by atoms with Crippen LogP contribution in [0.4, 0.5) is 10.6 Å². The fourth-order valence-electron chi connectivity index (χ4n) is 4.91. The van der Waals surface area contributed by atoms with Crippen molar-refractivity contribution in [1.29, 1.82) is 0 Å². The summed E-state index contributed by atoms with van der Waals surface area (Å²) in [5, 5.41) is 3.09. The van der Waals surface area contributed by atoms with Gasteiger partial charge in [0.1, 0.15) is 23.7 Å². The molecule has 1 amide bonds. The lowest BCUT2D eigenvalue weighted by molar-refractivity contribution is 0.0492. The van der Waals surface area contributed by atoms with Gasteiger partial charge in [-0.1, -0.05) is 19.6 Å². The highest BCUT2D eigenvalue weighted by atomic mass is 127. The molecule has 1 N–H and O–H groups in total. The lowest BCUT2D eigenvalue weighted by atomic mass is 9.97. The molecule has 2 bridgehead atoms. The zero-order valence-corrected chi connectivity index (χ0v) is 24.4. The van der Waals surface area contributed by atoms with Crippen LogP contribution in [0.25, 0.3) is 11.2 Å².